The van der Waals surface area contributed by atoms with Gasteiger partial charge in [-0.2, -0.15) is 0 Å². The van der Waals surface area contributed by atoms with Crippen LogP contribution in [0, 0.1) is 5.92 Å². The third-order valence-electron chi connectivity index (χ3n) is 3.43. The number of fused-ring (bicyclic) bond motifs is 3. The van der Waals surface area contributed by atoms with E-state index in [0.717, 1.165) is 28.5 Å². The molecule has 5 nitrogen and oxygen atoms in total. The molecule has 0 aliphatic heterocycles. The van der Waals surface area contributed by atoms with Crippen LogP contribution >= 0.6 is 12.4 Å². The fourth-order valence-corrected chi connectivity index (χ4v) is 2.67. The van der Waals surface area contributed by atoms with E-state index in [2.05, 4.69) is 28.4 Å². The highest BCUT2D eigenvalue weighted by atomic mass is 35.5. The van der Waals surface area contributed by atoms with Gasteiger partial charge in [-0.15, -0.1) is 12.4 Å². The van der Waals surface area contributed by atoms with Crippen LogP contribution in [0.1, 0.15) is 19.5 Å². The molecule has 3 rings (SSSR count). The summed E-state index contributed by atoms with van der Waals surface area (Å²) >= 11 is 0. The van der Waals surface area contributed by atoms with Crippen LogP contribution in [0.25, 0.3) is 21.9 Å². The van der Waals surface area contributed by atoms with Gasteiger partial charge in [-0.3, -0.25) is 4.79 Å². The maximum atomic E-state index is 11.3. The molecule has 22 heavy (non-hydrogen) atoms. The molecule has 6 heteroatoms. The van der Waals surface area contributed by atoms with Gasteiger partial charge in [0.15, 0.2) is 0 Å². The predicted octanol–water partition coefficient (Wildman–Crippen LogP) is 2.69. The van der Waals surface area contributed by atoms with Crippen molar-refractivity contribution in [2.24, 2.45) is 11.7 Å². The number of carbonyl (C=O) groups excluding carboxylic acids is 1. The van der Waals surface area contributed by atoms with Gasteiger partial charge in [0.25, 0.3) is 0 Å². The number of aromatic nitrogens is 3. The summed E-state index contributed by atoms with van der Waals surface area (Å²) in [4.78, 5) is 20.3. The monoisotopic (exact) mass is 318 g/mol. The minimum Gasteiger partial charge on any atom is -0.369 e. The molecule has 0 fully saturated rings. The number of halogens is 1. The van der Waals surface area contributed by atoms with Gasteiger partial charge < -0.3 is 10.3 Å². The SMILES string of the molecule is CC(C)Cn1cnc2c(CC(N)=O)nc3ccccc3c21.Cl. The predicted molar refractivity (Wildman–Crippen MR) is 90.0 cm³/mol. The normalized spacial score (nSPS) is 11.0. The average molecular weight is 319 g/mol. The number of hydrogen-bond acceptors (Lipinski definition) is 3. The Hall–Kier alpha value is -2.14. The van der Waals surface area contributed by atoms with Gasteiger partial charge in [0.05, 0.1) is 29.5 Å². The van der Waals surface area contributed by atoms with E-state index in [1.807, 2.05) is 30.6 Å². The number of amides is 1. The van der Waals surface area contributed by atoms with E-state index in [1.165, 1.54) is 0 Å². The molecule has 2 N–H and O–H groups in total. The van der Waals surface area contributed by atoms with Gasteiger partial charge in [-0.1, -0.05) is 32.0 Å². The number of primary amides is 1. The molecule has 0 radical (unpaired) electrons. The summed E-state index contributed by atoms with van der Waals surface area (Å²) in [7, 11) is 0. The van der Waals surface area contributed by atoms with Crippen molar-refractivity contribution in [3.05, 3.63) is 36.3 Å². The second kappa shape index (κ2) is 6.32. The number of carbonyl (C=O) groups is 1. The van der Waals surface area contributed by atoms with Crippen LogP contribution in [-0.2, 0) is 17.8 Å². The number of nitrogens with two attached hydrogens (primary N) is 1. The van der Waals surface area contributed by atoms with Crippen molar-refractivity contribution in [1.82, 2.24) is 14.5 Å². The molecule has 1 amide bonds. The van der Waals surface area contributed by atoms with E-state index in [1.54, 1.807) is 0 Å². The zero-order valence-electron chi connectivity index (χ0n) is 12.6. The van der Waals surface area contributed by atoms with Gasteiger partial charge in [0, 0.05) is 11.9 Å². The summed E-state index contributed by atoms with van der Waals surface area (Å²) in [6.45, 7) is 5.21. The van der Waals surface area contributed by atoms with Crippen molar-refractivity contribution in [1.29, 1.82) is 0 Å². The summed E-state index contributed by atoms with van der Waals surface area (Å²) in [5.41, 5.74) is 8.66. The zero-order chi connectivity index (χ0) is 15.0. The molecule has 116 valence electrons. The number of rotatable bonds is 4. The second-order valence-corrected chi connectivity index (χ2v) is 5.71. The standard InChI is InChI=1S/C16H18N4O.ClH/c1-10(2)8-20-9-18-15-13(7-14(17)21)19-12-6-4-3-5-11(12)16(15)20;/h3-6,9-10H,7-8H2,1-2H3,(H2,17,21);1H. The fourth-order valence-electron chi connectivity index (χ4n) is 2.67. The largest absolute Gasteiger partial charge is 0.369 e. The van der Waals surface area contributed by atoms with Crippen LogP contribution in [0.2, 0.25) is 0 Å². The number of hydrogen-bond donors (Lipinski definition) is 1. The molecule has 0 aliphatic carbocycles. The number of para-hydroxylation sites is 1. The van der Waals surface area contributed by atoms with E-state index >= 15 is 0 Å². The number of nitrogens with zero attached hydrogens (tertiary/aromatic N) is 3. The first-order valence-corrected chi connectivity index (χ1v) is 7.07. The fraction of sp³-hybridized carbons (Fsp3) is 0.312. The third kappa shape index (κ3) is 2.90. The van der Waals surface area contributed by atoms with Gasteiger partial charge >= 0.3 is 0 Å². The number of benzene rings is 1. The van der Waals surface area contributed by atoms with Crippen LogP contribution in [0.5, 0.6) is 0 Å². The maximum Gasteiger partial charge on any atom is 0.223 e. The van der Waals surface area contributed by atoms with Gasteiger partial charge in [0.1, 0.15) is 5.52 Å². The Balaban J connectivity index is 0.00000176. The lowest BCUT2D eigenvalue weighted by atomic mass is 10.1. The second-order valence-electron chi connectivity index (χ2n) is 5.71. The lowest BCUT2D eigenvalue weighted by Crippen LogP contribution is -2.15. The lowest BCUT2D eigenvalue weighted by Gasteiger charge is -2.10. The molecule has 0 aliphatic rings. The Morgan fingerprint density at radius 1 is 1.32 bits per heavy atom. The van der Waals surface area contributed by atoms with Crippen molar-refractivity contribution in [2.75, 3.05) is 0 Å². The lowest BCUT2D eigenvalue weighted by molar-refractivity contribution is -0.117. The Kier molecular flexibility index (Phi) is 4.66. The molecule has 0 unspecified atom stereocenters. The van der Waals surface area contributed by atoms with Crippen LogP contribution in [0.4, 0.5) is 0 Å². The van der Waals surface area contributed by atoms with E-state index in [9.17, 15) is 4.79 Å². The summed E-state index contributed by atoms with van der Waals surface area (Å²) in [5.74, 6) is 0.117. The molecule has 2 aromatic heterocycles. The molecule has 3 aromatic rings. The van der Waals surface area contributed by atoms with Crippen LogP contribution in [-0.4, -0.2) is 20.4 Å². The smallest absolute Gasteiger partial charge is 0.223 e. The molecular formula is C16H19ClN4O. The highest BCUT2D eigenvalue weighted by Gasteiger charge is 2.15. The average Bonchev–Trinajstić information content (AvgIpc) is 2.82. The minimum absolute atomic E-state index is 0. The highest BCUT2D eigenvalue weighted by molar-refractivity contribution is 6.04. The van der Waals surface area contributed by atoms with Crippen molar-refractivity contribution in [3.63, 3.8) is 0 Å². The maximum absolute atomic E-state index is 11.3. The van der Waals surface area contributed by atoms with E-state index in [4.69, 9.17) is 5.73 Å². The van der Waals surface area contributed by atoms with E-state index in [0.29, 0.717) is 11.6 Å². The first-order chi connectivity index (χ1) is 10.1. The first-order valence-electron chi connectivity index (χ1n) is 7.07. The number of pyridine rings is 1. The van der Waals surface area contributed by atoms with Crippen molar-refractivity contribution >= 4 is 40.3 Å². The third-order valence-corrected chi connectivity index (χ3v) is 3.43. The first kappa shape index (κ1) is 16.2. The Bertz CT molecular complexity index is 825. The zero-order valence-corrected chi connectivity index (χ0v) is 13.4. The summed E-state index contributed by atoms with van der Waals surface area (Å²) in [6.07, 6.45) is 1.93. The molecule has 2 heterocycles. The molecule has 0 saturated heterocycles. The van der Waals surface area contributed by atoms with E-state index in [-0.39, 0.29) is 18.8 Å². The van der Waals surface area contributed by atoms with Crippen LogP contribution in [0.15, 0.2) is 30.6 Å². The van der Waals surface area contributed by atoms with Crippen molar-refractivity contribution in [2.45, 2.75) is 26.8 Å². The Morgan fingerprint density at radius 2 is 2.05 bits per heavy atom. The van der Waals surface area contributed by atoms with Gasteiger partial charge in [-0.05, 0) is 12.0 Å². The molecule has 0 atom stereocenters. The summed E-state index contributed by atoms with van der Waals surface area (Å²) in [5, 5.41) is 1.05. The molecular weight excluding hydrogens is 300 g/mol. The Labute approximate surface area is 134 Å². The van der Waals surface area contributed by atoms with Crippen molar-refractivity contribution in [3.8, 4) is 0 Å². The van der Waals surface area contributed by atoms with E-state index < -0.39 is 5.91 Å². The van der Waals surface area contributed by atoms with Crippen molar-refractivity contribution < 1.29 is 4.79 Å². The quantitative estimate of drug-likeness (QED) is 0.803. The summed E-state index contributed by atoms with van der Waals surface area (Å²) in [6, 6.07) is 7.92. The molecule has 0 saturated carbocycles. The number of imidazole rings is 1. The topological polar surface area (TPSA) is 73.8 Å². The molecule has 1 aromatic carbocycles. The minimum atomic E-state index is -0.391. The van der Waals surface area contributed by atoms with Gasteiger partial charge in [0.2, 0.25) is 5.91 Å². The Morgan fingerprint density at radius 3 is 2.73 bits per heavy atom. The molecule has 0 spiro atoms. The highest BCUT2D eigenvalue weighted by Crippen LogP contribution is 2.26. The summed E-state index contributed by atoms with van der Waals surface area (Å²) < 4.78 is 2.13. The van der Waals surface area contributed by atoms with Gasteiger partial charge in [-0.25, -0.2) is 9.97 Å². The van der Waals surface area contributed by atoms with Crippen LogP contribution in [0.3, 0.4) is 0 Å². The van der Waals surface area contributed by atoms with Crippen LogP contribution < -0.4 is 5.73 Å². The molecule has 0 bridgehead atoms.